The SMILES string of the molecule is COc1cc2ncc(-c3nc(N[C@H]4CNC[C@@H]4F)c(F)cc3F)n2nc1N1CCCC1=O. The minimum Gasteiger partial charge on any atom is -0.493 e. The first-order valence-corrected chi connectivity index (χ1v) is 10.2. The van der Waals surface area contributed by atoms with Gasteiger partial charge in [-0.2, -0.15) is 0 Å². The Morgan fingerprint density at radius 3 is 2.78 bits per heavy atom. The maximum absolute atomic E-state index is 14.7. The molecule has 2 N–H and O–H groups in total. The van der Waals surface area contributed by atoms with Crippen LogP contribution in [0.4, 0.5) is 24.8 Å². The third-order valence-corrected chi connectivity index (χ3v) is 5.62. The average molecular weight is 447 g/mol. The highest BCUT2D eigenvalue weighted by atomic mass is 19.1. The molecule has 2 fully saturated rings. The number of nitrogens with zero attached hydrogens (tertiary/aromatic N) is 5. The van der Waals surface area contributed by atoms with Crippen LogP contribution in [0.2, 0.25) is 0 Å². The summed E-state index contributed by atoms with van der Waals surface area (Å²) in [7, 11) is 1.45. The molecule has 0 aliphatic carbocycles. The van der Waals surface area contributed by atoms with Gasteiger partial charge in [-0.25, -0.2) is 27.7 Å². The Labute approximate surface area is 180 Å². The number of ether oxygens (including phenoxy) is 1. The number of rotatable bonds is 5. The summed E-state index contributed by atoms with van der Waals surface area (Å²) in [4.78, 5) is 22.0. The van der Waals surface area contributed by atoms with E-state index in [-0.39, 0.29) is 35.5 Å². The van der Waals surface area contributed by atoms with Crippen molar-refractivity contribution in [2.75, 3.05) is 37.0 Å². The van der Waals surface area contributed by atoms with Crippen molar-refractivity contribution in [1.82, 2.24) is 24.9 Å². The van der Waals surface area contributed by atoms with E-state index in [9.17, 15) is 18.0 Å². The van der Waals surface area contributed by atoms with Crippen molar-refractivity contribution < 1.29 is 22.7 Å². The number of pyridine rings is 1. The number of anilines is 2. The molecule has 0 spiro atoms. The predicted octanol–water partition coefficient (Wildman–Crippen LogP) is 1.93. The average Bonchev–Trinajstić information content (AvgIpc) is 3.49. The van der Waals surface area contributed by atoms with Crippen LogP contribution < -0.4 is 20.3 Å². The Kier molecular flexibility index (Phi) is 5.08. The normalized spacial score (nSPS) is 21.0. The maximum atomic E-state index is 14.7. The Hall–Kier alpha value is -3.41. The van der Waals surface area contributed by atoms with Gasteiger partial charge in [-0.1, -0.05) is 0 Å². The molecule has 12 heteroatoms. The van der Waals surface area contributed by atoms with Gasteiger partial charge in [0, 0.05) is 38.2 Å². The zero-order chi connectivity index (χ0) is 22.4. The summed E-state index contributed by atoms with van der Waals surface area (Å²) in [5.74, 6) is -1.59. The summed E-state index contributed by atoms with van der Waals surface area (Å²) >= 11 is 0. The lowest BCUT2D eigenvalue weighted by Crippen LogP contribution is -2.30. The topological polar surface area (TPSA) is 96.7 Å². The molecular weight excluding hydrogens is 427 g/mol. The van der Waals surface area contributed by atoms with Crippen molar-refractivity contribution in [2.45, 2.75) is 25.1 Å². The van der Waals surface area contributed by atoms with Crippen LogP contribution in [0.3, 0.4) is 0 Å². The summed E-state index contributed by atoms with van der Waals surface area (Å²) in [6.45, 7) is 0.915. The quantitative estimate of drug-likeness (QED) is 0.617. The molecule has 0 aromatic carbocycles. The third kappa shape index (κ3) is 3.40. The second kappa shape index (κ2) is 7.93. The molecule has 9 nitrogen and oxygen atoms in total. The molecule has 2 atom stereocenters. The van der Waals surface area contributed by atoms with Crippen molar-refractivity contribution in [3.05, 3.63) is 30.0 Å². The number of nitrogens with one attached hydrogen (secondary N) is 2. The second-order valence-corrected chi connectivity index (χ2v) is 7.67. The molecule has 2 aliphatic heterocycles. The van der Waals surface area contributed by atoms with Crippen LogP contribution in [-0.4, -0.2) is 64.4 Å². The van der Waals surface area contributed by atoms with E-state index >= 15 is 0 Å². The molecule has 0 saturated carbocycles. The zero-order valence-corrected chi connectivity index (χ0v) is 17.1. The molecule has 168 valence electrons. The second-order valence-electron chi connectivity index (χ2n) is 7.67. The number of hydrogen-bond acceptors (Lipinski definition) is 7. The van der Waals surface area contributed by atoms with Gasteiger partial charge in [0.1, 0.15) is 17.6 Å². The molecule has 0 radical (unpaired) electrons. The number of carbonyl (C=O) groups is 1. The standard InChI is InChI=1S/C20H20F3N7O2/c1-32-15-6-16-25-9-14(30(16)28-20(15)29-4-2-3-17(29)31)18-10(21)5-11(22)19(27-18)26-13-8-24-7-12(13)23/h5-6,9,12-13,24H,2-4,7-8H2,1H3,(H,26,27)/t12-,13-/m0/s1. The fourth-order valence-corrected chi connectivity index (χ4v) is 3.97. The minimum atomic E-state index is -1.23. The number of aromatic nitrogens is 4. The molecule has 3 aromatic heterocycles. The van der Waals surface area contributed by atoms with Crippen LogP contribution in [0.25, 0.3) is 17.0 Å². The molecular formula is C20H20F3N7O2. The fraction of sp³-hybridized carbons (Fsp3) is 0.400. The van der Waals surface area contributed by atoms with E-state index in [0.717, 1.165) is 0 Å². The van der Waals surface area contributed by atoms with Gasteiger partial charge in [0.25, 0.3) is 0 Å². The summed E-state index contributed by atoms with van der Waals surface area (Å²) in [6, 6.07) is 1.58. The molecule has 0 unspecified atom stereocenters. The monoisotopic (exact) mass is 447 g/mol. The molecule has 32 heavy (non-hydrogen) atoms. The number of amides is 1. The van der Waals surface area contributed by atoms with Gasteiger partial charge in [-0.3, -0.25) is 9.69 Å². The van der Waals surface area contributed by atoms with E-state index in [0.29, 0.717) is 43.4 Å². The fourth-order valence-electron chi connectivity index (χ4n) is 3.97. The predicted molar refractivity (Wildman–Crippen MR) is 109 cm³/mol. The van der Waals surface area contributed by atoms with E-state index in [2.05, 4.69) is 25.7 Å². The van der Waals surface area contributed by atoms with Crippen molar-refractivity contribution in [3.8, 4) is 17.1 Å². The number of imidazole rings is 1. The smallest absolute Gasteiger partial charge is 0.228 e. The lowest BCUT2D eigenvalue weighted by Gasteiger charge is -2.18. The maximum Gasteiger partial charge on any atom is 0.228 e. The van der Waals surface area contributed by atoms with Gasteiger partial charge in [-0.05, 0) is 6.42 Å². The Morgan fingerprint density at radius 1 is 1.25 bits per heavy atom. The van der Waals surface area contributed by atoms with Gasteiger partial charge in [0.2, 0.25) is 5.91 Å². The third-order valence-electron chi connectivity index (χ3n) is 5.62. The highest BCUT2D eigenvalue weighted by Crippen LogP contribution is 2.32. The first kappa shape index (κ1) is 20.5. The number of halogens is 3. The molecule has 3 aromatic rings. The largest absolute Gasteiger partial charge is 0.493 e. The first-order valence-electron chi connectivity index (χ1n) is 10.2. The number of hydrogen-bond donors (Lipinski definition) is 2. The van der Waals surface area contributed by atoms with Crippen LogP contribution in [0.1, 0.15) is 12.8 Å². The van der Waals surface area contributed by atoms with Crippen LogP contribution in [0.5, 0.6) is 5.75 Å². The molecule has 2 saturated heterocycles. The Bertz CT molecular complexity index is 1200. The Balaban J connectivity index is 1.60. The summed E-state index contributed by atoms with van der Waals surface area (Å²) < 4.78 is 49.8. The van der Waals surface area contributed by atoms with Crippen molar-refractivity contribution >= 4 is 23.2 Å². The zero-order valence-electron chi connectivity index (χ0n) is 17.1. The summed E-state index contributed by atoms with van der Waals surface area (Å²) in [5, 5.41) is 10.0. The number of fused-ring (bicyclic) bond motifs is 1. The van der Waals surface area contributed by atoms with Crippen molar-refractivity contribution in [3.63, 3.8) is 0 Å². The van der Waals surface area contributed by atoms with Gasteiger partial charge in [0.05, 0.1) is 19.3 Å². The van der Waals surface area contributed by atoms with E-state index in [1.165, 1.54) is 22.7 Å². The van der Waals surface area contributed by atoms with Gasteiger partial charge < -0.3 is 15.4 Å². The van der Waals surface area contributed by atoms with E-state index in [4.69, 9.17) is 4.74 Å². The lowest BCUT2D eigenvalue weighted by atomic mass is 10.2. The van der Waals surface area contributed by atoms with E-state index in [1.54, 1.807) is 6.07 Å². The van der Waals surface area contributed by atoms with Crippen molar-refractivity contribution in [1.29, 1.82) is 0 Å². The molecule has 5 rings (SSSR count). The van der Waals surface area contributed by atoms with Crippen LogP contribution in [0.15, 0.2) is 18.3 Å². The minimum absolute atomic E-state index is 0.0969. The van der Waals surface area contributed by atoms with E-state index in [1.807, 2.05) is 0 Å². The van der Waals surface area contributed by atoms with Crippen molar-refractivity contribution in [2.24, 2.45) is 0 Å². The van der Waals surface area contributed by atoms with E-state index < -0.39 is 23.8 Å². The first-order chi connectivity index (χ1) is 15.5. The van der Waals surface area contributed by atoms with Crippen LogP contribution in [-0.2, 0) is 4.79 Å². The number of carbonyl (C=O) groups excluding carboxylic acids is 1. The van der Waals surface area contributed by atoms with Crippen LogP contribution >= 0.6 is 0 Å². The van der Waals surface area contributed by atoms with Gasteiger partial charge in [-0.15, -0.1) is 5.10 Å². The Morgan fingerprint density at radius 2 is 2.09 bits per heavy atom. The number of methoxy groups -OCH3 is 1. The molecule has 0 bridgehead atoms. The highest BCUT2D eigenvalue weighted by molar-refractivity contribution is 5.95. The van der Waals surface area contributed by atoms with Crippen LogP contribution in [0, 0.1) is 11.6 Å². The van der Waals surface area contributed by atoms with Gasteiger partial charge in [0.15, 0.2) is 34.7 Å². The number of alkyl halides is 1. The molecule has 5 heterocycles. The summed E-state index contributed by atoms with van der Waals surface area (Å²) in [6.07, 6.45) is 1.21. The highest BCUT2D eigenvalue weighted by Gasteiger charge is 2.30. The molecule has 1 amide bonds. The molecule has 2 aliphatic rings. The van der Waals surface area contributed by atoms with Gasteiger partial charge >= 0.3 is 0 Å². The lowest BCUT2D eigenvalue weighted by molar-refractivity contribution is -0.117. The summed E-state index contributed by atoms with van der Waals surface area (Å²) in [5.41, 5.74) is 0.271.